The molecule has 0 aromatic heterocycles. The van der Waals surface area contributed by atoms with E-state index < -0.39 is 0 Å². The maximum absolute atomic E-state index is 12.1. The van der Waals surface area contributed by atoms with Gasteiger partial charge >= 0.3 is 0 Å². The molecule has 24 heavy (non-hydrogen) atoms. The third-order valence-electron chi connectivity index (χ3n) is 4.05. The lowest BCUT2D eigenvalue weighted by Crippen LogP contribution is -2.20. The van der Waals surface area contributed by atoms with E-state index in [1.807, 2.05) is 49.4 Å². The van der Waals surface area contributed by atoms with Crippen molar-refractivity contribution in [3.63, 3.8) is 0 Å². The second kappa shape index (κ2) is 8.39. The van der Waals surface area contributed by atoms with Gasteiger partial charge in [0.05, 0.1) is 7.11 Å². The Morgan fingerprint density at radius 3 is 2.46 bits per heavy atom. The minimum atomic E-state index is -0.200. The molecule has 1 amide bonds. The highest BCUT2D eigenvalue weighted by Crippen LogP contribution is 2.27. The average Bonchev–Trinajstić information content (AvgIpc) is 2.60. The maximum atomic E-state index is 12.1. The summed E-state index contributed by atoms with van der Waals surface area (Å²) < 4.78 is 10.8. The van der Waals surface area contributed by atoms with Gasteiger partial charge in [-0.15, -0.1) is 0 Å². The summed E-state index contributed by atoms with van der Waals surface area (Å²) >= 11 is 0. The summed E-state index contributed by atoms with van der Waals surface area (Å²) in [5.74, 6) is 1.51. The molecule has 0 aliphatic heterocycles. The van der Waals surface area contributed by atoms with Crippen molar-refractivity contribution in [2.24, 2.45) is 0 Å². The van der Waals surface area contributed by atoms with E-state index in [1.165, 1.54) is 5.56 Å². The van der Waals surface area contributed by atoms with Crippen LogP contribution >= 0.6 is 0 Å². The quantitative estimate of drug-likeness (QED) is 0.812. The molecule has 0 saturated carbocycles. The van der Waals surface area contributed by atoms with Crippen LogP contribution in [0.1, 0.15) is 37.3 Å². The van der Waals surface area contributed by atoms with Crippen molar-refractivity contribution in [3.8, 4) is 11.5 Å². The molecular weight excluding hydrogens is 302 g/mol. The van der Waals surface area contributed by atoms with Gasteiger partial charge in [-0.05, 0) is 54.7 Å². The normalized spacial score (nSPS) is 11.7. The largest absolute Gasteiger partial charge is 0.493 e. The summed E-state index contributed by atoms with van der Waals surface area (Å²) in [4.78, 5) is 12.1. The van der Waals surface area contributed by atoms with Crippen LogP contribution in [0.2, 0.25) is 0 Å². The molecule has 0 fully saturated rings. The summed E-state index contributed by atoms with van der Waals surface area (Å²) in [6, 6.07) is 13.5. The molecule has 0 spiro atoms. The highest BCUT2D eigenvalue weighted by atomic mass is 16.5. The molecule has 0 bridgehead atoms. The molecule has 1 N–H and O–H groups in total. The molecule has 128 valence electrons. The monoisotopic (exact) mass is 327 g/mol. The molecule has 0 aliphatic rings. The molecule has 0 saturated heterocycles. The highest BCUT2D eigenvalue weighted by Gasteiger charge is 2.09. The van der Waals surface area contributed by atoms with Crippen LogP contribution in [-0.2, 0) is 4.79 Å². The van der Waals surface area contributed by atoms with Crippen molar-refractivity contribution in [1.29, 1.82) is 0 Å². The Morgan fingerprint density at radius 1 is 1.12 bits per heavy atom. The van der Waals surface area contributed by atoms with Gasteiger partial charge in [-0.25, -0.2) is 0 Å². The smallest absolute Gasteiger partial charge is 0.262 e. The molecule has 0 radical (unpaired) electrons. The first-order valence-electron chi connectivity index (χ1n) is 8.20. The molecule has 4 heteroatoms. The van der Waals surface area contributed by atoms with E-state index >= 15 is 0 Å². The Bertz CT molecular complexity index is 680. The predicted octanol–water partition coefficient (Wildman–Crippen LogP) is 4.53. The van der Waals surface area contributed by atoms with E-state index in [1.54, 1.807) is 7.11 Å². The Labute approximate surface area is 143 Å². The average molecular weight is 327 g/mol. The zero-order valence-electron chi connectivity index (χ0n) is 14.8. The van der Waals surface area contributed by atoms with Crippen LogP contribution in [-0.4, -0.2) is 19.6 Å². The summed E-state index contributed by atoms with van der Waals surface area (Å²) in [5, 5.41) is 2.84. The van der Waals surface area contributed by atoms with Gasteiger partial charge in [-0.1, -0.05) is 32.0 Å². The van der Waals surface area contributed by atoms with E-state index in [4.69, 9.17) is 9.47 Å². The maximum Gasteiger partial charge on any atom is 0.262 e. The van der Waals surface area contributed by atoms with Gasteiger partial charge in [-0.2, -0.15) is 0 Å². The number of benzene rings is 2. The first kappa shape index (κ1) is 17.9. The number of amides is 1. The number of carbonyl (C=O) groups excluding carboxylic acids is 1. The van der Waals surface area contributed by atoms with Crippen LogP contribution < -0.4 is 14.8 Å². The molecule has 0 aliphatic carbocycles. The van der Waals surface area contributed by atoms with Gasteiger partial charge < -0.3 is 14.8 Å². The molecule has 2 rings (SSSR count). The Kier molecular flexibility index (Phi) is 6.24. The van der Waals surface area contributed by atoms with E-state index in [0.29, 0.717) is 17.4 Å². The Balaban J connectivity index is 1.92. The lowest BCUT2D eigenvalue weighted by atomic mass is 9.99. The first-order valence-corrected chi connectivity index (χ1v) is 8.20. The molecule has 4 nitrogen and oxygen atoms in total. The van der Waals surface area contributed by atoms with Gasteiger partial charge in [0.1, 0.15) is 0 Å². The summed E-state index contributed by atoms with van der Waals surface area (Å²) in [6.07, 6.45) is 1.10. The van der Waals surface area contributed by atoms with E-state index in [0.717, 1.165) is 17.7 Å². The fourth-order valence-corrected chi connectivity index (χ4v) is 2.37. The SMILES string of the molecule is CCC(C)c1ccc(NC(=O)COc2ccc(C)cc2OC)cc1. The van der Waals surface area contributed by atoms with Crippen LogP contribution in [0.4, 0.5) is 5.69 Å². The van der Waals surface area contributed by atoms with E-state index in [9.17, 15) is 4.79 Å². The van der Waals surface area contributed by atoms with Crippen LogP contribution in [0, 0.1) is 6.92 Å². The zero-order valence-corrected chi connectivity index (χ0v) is 14.8. The summed E-state index contributed by atoms with van der Waals surface area (Å²) in [5.41, 5.74) is 3.12. The molecule has 2 aromatic rings. The number of ether oxygens (including phenoxy) is 2. The van der Waals surface area contributed by atoms with Gasteiger partial charge in [0, 0.05) is 5.69 Å². The fourth-order valence-electron chi connectivity index (χ4n) is 2.37. The van der Waals surface area contributed by atoms with E-state index in [-0.39, 0.29) is 12.5 Å². The van der Waals surface area contributed by atoms with Crippen molar-refractivity contribution in [3.05, 3.63) is 53.6 Å². The molecule has 1 unspecified atom stereocenters. The second-order valence-corrected chi connectivity index (χ2v) is 5.92. The number of aryl methyl sites for hydroxylation is 1. The Morgan fingerprint density at radius 2 is 1.83 bits per heavy atom. The van der Waals surface area contributed by atoms with E-state index in [2.05, 4.69) is 19.2 Å². The van der Waals surface area contributed by atoms with Crippen molar-refractivity contribution in [1.82, 2.24) is 0 Å². The van der Waals surface area contributed by atoms with Gasteiger partial charge in [0.25, 0.3) is 5.91 Å². The van der Waals surface area contributed by atoms with Gasteiger partial charge in [0.2, 0.25) is 0 Å². The number of nitrogens with one attached hydrogen (secondary N) is 1. The van der Waals surface area contributed by atoms with Gasteiger partial charge in [-0.3, -0.25) is 4.79 Å². The van der Waals surface area contributed by atoms with Crippen molar-refractivity contribution in [2.45, 2.75) is 33.1 Å². The summed E-state index contributed by atoms with van der Waals surface area (Å²) in [6.45, 7) is 6.27. The minimum absolute atomic E-state index is 0.0630. The topological polar surface area (TPSA) is 47.6 Å². The third-order valence-corrected chi connectivity index (χ3v) is 4.05. The van der Waals surface area contributed by atoms with Crippen LogP contribution in [0.15, 0.2) is 42.5 Å². The minimum Gasteiger partial charge on any atom is -0.493 e. The van der Waals surface area contributed by atoms with Crippen molar-refractivity contribution < 1.29 is 14.3 Å². The van der Waals surface area contributed by atoms with Gasteiger partial charge in [0.15, 0.2) is 18.1 Å². The standard InChI is InChI=1S/C20H25NO3/c1-5-15(3)16-7-9-17(10-8-16)21-20(22)13-24-18-11-6-14(2)12-19(18)23-4/h6-12,15H,5,13H2,1-4H3,(H,21,22). The highest BCUT2D eigenvalue weighted by molar-refractivity contribution is 5.91. The number of anilines is 1. The zero-order chi connectivity index (χ0) is 17.5. The molecule has 2 aromatic carbocycles. The fraction of sp³-hybridized carbons (Fsp3) is 0.350. The molecular formula is C20H25NO3. The Hall–Kier alpha value is -2.49. The number of hydrogen-bond donors (Lipinski definition) is 1. The predicted molar refractivity (Wildman–Crippen MR) is 97.0 cm³/mol. The van der Waals surface area contributed by atoms with Crippen LogP contribution in [0.3, 0.4) is 0 Å². The lowest BCUT2D eigenvalue weighted by molar-refractivity contribution is -0.118. The van der Waals surface area contributed by atoms with Crippen LogP contribution in [0.5, 0.6) is 11.5 Å². The molecule has 0 heterocycles. The lowest BCUT2D eigenvalue weighted by Gasteiger charge is -2.12. The summed E-state index contributed by atoms with van der Waals surface area (Å²) in [7, 11) is 1.58. The number of methoxy groups -OCH3 is 1. The first-order chi connectivity index (χ1) is 11.5. The molecule has 1 atom stereocenters. The number of rotatable bonds is 7. The number of hydrogen-bond acceptors (Lipinski definition) is 3. The number of carbonyl (C=O) groups is 1. The third kappa shape index (κ3) is 4.75. The second-order valence-electron chi connectivity index (χ2n) is 5.92. The van der Waals surface area contributed by atoms with Crippen LogP contribution in [0.25, 0.3) is 0 Å². The van der Waals surface area contributed by atoms with Crippen molar-refractivity contribution in [2.75, 3.05) is 19.0 Å². The van der Waals surface area contributed by atoms with Crippen molar-refractivity contribution >= 4 is 11.6 Å².